The number of esters is 2. The predicted octanol–water partition coefficient (Wildman–Crippen LogP) is 1.05. The van der Waals surface area contributed by atoms with Crippen LogP contribution in [0.15, 0.2) is 18.5 Å². The Kier molecular flexibility index (Phi) is 7.94. The largest absolute Gasteiger partial charge is 0.464 e. The summed E-state index contributed by atoms with van der Waals surface area (Å²) in [5.41, 5.74) is -1.80. The van der Waals surface area contributed by atoms with Crippen molar-refractivity contribution in [3.63, 3.8) is 0 Å². The second-order valence-corrected chi connectivity index (χ2v) is 5.25. The van der Waals surface area contributed by atoms with Crippen LogP contribution in [0.4, 0.5) is 0 Å². The molecule has 1 rings (SSSR count). The van der Waals surface area contributed by atoms with Gasteiger partial charge < -0.3 is 14.8 Å². The van der Waals surface area contributed by atoms with Gasteiger partial charge in [0, 0.05) is 25.9 Å². The van der Waals surface area contributed by atoms with Crippen LogP contribution in [0.1, 0.15) is 40.0 Å². The minimum atomic E-state index is -1.80. The zero-order valence-corrected chi connectivity index (χ0v) is 14.4. The van der Waals surface area contributed by atoms with Gasteiger partial charge in [0.15, 0.2) is 0 Å². The summed E-state index contributed by atoms with van der Waals surface area (Å²) in [4.78, 5) is 36.3. The molecule has 0 saturated carbocycles. The van der Waals surface area contributed by atoms with E-state index in [4.69, 9.17) is 9.47 Å². The topological polar surface area (TPSA) is 99.5 Å². The molecule has 0 radical (unpaired) electrons. The lowest BCUT2D eigenvalue weighted by Crippen LogP contribution is -2.61. The van der Waals surface area contributed by atoms with Crippen molar-refractivity contribution in [3.05, 3.63) is 18.5 Å². The molecule has 1 amide bonds. The smallest absolute Gasteiger partial charge is 0.343 e. The summed E-state index contributed by atoms with van der Waals surface area (Å²) in [6.07, 6.45) is 4.81. The van der Waals surface area contributed by atoms with Crippen LogP contribution in [0.25, 0.3) is 0 Å². The standard InChI is InChI=1S/C16H25N3O5/c1-4-23-14(21)16(18-13(3)20,15(22)24-5-2)9-6-7-11-19-12-8-10-17-19/h8,10,12H,4-7,9,11H2,1-3H3,(H,18,20). The van der Waals surface area contributed by atoms with Crippen molar-refractivity contribution in [2.24, 2.45) is 0 Å². The number of aromatic nitrogens is 2. The first-order valence-electron chi connectivity index (χ1n) is 8.07. The molecule has 0 unspecified atom stereocenters. The van der Waals surface area contributed by atoms with Crippen molar-refractivity contribution in [3.8, 4) is 0 Å². The van der Waals surface area contributed by atoms with Crippen LogP contribution < -0.4 is 5.32 Å². The van der Waals surface area contributed by atoms with Gasteiger partial charge in [-0.1, -0.05) is 0 Å². The van der Waals surface area contributed by atoms with Crippen LogP contribution in [-0.2, 0) is 30.4 Å². The molecule has 0 bridgehead atoms. The molecule has 8 heteroatoms. The lowest BCUT2D eigenvalue weighted by Gasteiger charge is -2.29. The van der Waals surface area contributed by atoms with E-state index in [0.717, 1.165) is 0 Å². The number of nitrogens with zero attached hydrogens (tertiary/aromatic N) is 2. The monoisotopic (exact) mass is 339 g/mol. The van der Waals surface area contributed by atoms with E-state index in [0.29, 0.717) is 19.4 Å². The number of carbonyl (C=O) groups is 3. The Bertz CT molecular complexity index is 524. The molecule has 1 aromatic rings. The van der Waals surface area contributed by atoms with Crippen molar-refractivity contribution in [2.75, 3.05) is 13.2 Å². The van der Waals surface area contributed by atoms with Crippen molar-refractivity contribution in [1.82, 2.24) is 15.1 Å². The number of unbranched alkanes of at least 4 members (excludes halogenated alkanes) is 1. The van der Waals surface area contributed by atoms with E-state index in [1.165, 1.54) is 6.92 Å². The van der Waals surface area contributed by atoms with Crippen LogP contribution >= 0.6 is 0 Å². The van der Waals surface area contributed by atoms with Gasteiger partial charge in [-0.3, -0.25) is 9.48 Å². The maximum atomic E-state index is 12.4. The number of amides is 1. The van der Waals surface area contributed by atoms with Gasteiger partial charge in [0.1, 0.15) is 0 Å². The van der Waals surface area contributed by atoms with E-state index in [1.54, 1.807) is 24.7 Å². The molecular weight excluding hydrogens is 314 g/mol. The van der Waals surface area contributed by atoms with E-state index >= 15 is 0 Å². The highest BCUT2D eigenvalue weighted by Gasteiger charge is 2.49. The average Bonchev–Trinajstić information content (AvgIpc) is 3.03. The zero-order valence-electron chi connectivity index (χ0n) is 14.4. The van der Waals surface area contributed by atoms with Gasteiger partial charge in [0.05, 0.1) is 13.2 Å². The fourth-order valence-electron chi connectivity index (χ4n) is 2.36. The lowest BCUT2D eigenvalue weighted by molar-refractivity contribution is -0.168. The summed E-state index contributed by atoms with van der Waals surface area (Å²) >= 11 is 0. The van der Waals surface area contributed by atoms with Gasteiger partial charge in [-0.05, 0) is 39.2 Å². The highest BCUT2D eigenvalue weighted by molar-refractivity contribution is 6.07. The molecule has 0 saturated heterocycles. The second-order valence-electron chi connectivity index (χ2n) is 5.25. The second kappa shape index (κ2) is 9.69. The van der Waals surface area contributed by atoms with Gasteiger partial charge in [-0.2, -0.15) is 5.10 Å². The molecule has 0 aliphatic carbocycles. The van der Waals surface area contributed by atoms with Crippen LogP contribution in [0.2, 0.25) is 0 Å². The van der Waals surface area contributed by atoms with Crippen molar-refractivity contribution in [1.29, 1.82) is 0 Å². The van der Waals surface area contributed by atoms with Gasteiger partial charge in [0.25, 0.3) is 0 Å². The number of aryl methyl sites for hydroxylation is 1. The maximum absolute atomic E-state index is 12.4. The first-order valence-corrected chi connectivity index (χ1v) is 8.07. The molecule has 1 N–H and O–H groups in total. The van der Waals surface area contributed by atoms with Gasteiger partial charge in [-0.25, -0.2) is 9.59 Å². The third kappa shape index (κ3) is 5.36. The van der Waals surface area contributed by atoms with E-state index in [9.17, 15) is 14.4 Å². The number of ether oxygens (including phenoxy) is 2. The number of hydrogen-bond acceptors (Lipinski definition) is 6. The van der Waals surface area contributed by atoms with E-state index in [-0.39, 0.29) is 19.6 Å². The molecule has 0 aliphatic heterocycles. The summed E-state index contributed by atoms with van der Waals surface area (Å²) < 4.78 is 11.8. The maximum Gasteiger partial charge on any atom is 0.343 e. The summed E-state index contributed by atoms with van der Waals surface area (Å²) in [6.45, 7) is 5.38. The number of nitrogens with one attached hydrogen (secondary N) is 1. The number of carbonyl (C=O) groups excluding carboxylic acids is 3. The van der Waals surface area contributed by atoms with Crippen molar-refractivity contribution < 1.29 is 23.9 Å². The molecule has 1 aromatic heterocycles. The molecule has 1 heterocycles. The Morgan fingerprint density at radius 3 is 2.21 bits per heavy atom. The first kappa shape index (κ1) is 19.7. The Morgan fingerprint density at radius 1 is 1.12 bits per heavy atom. The van der Waals surface area contributed by atoms with Gasteiger partial charge in [-0.15, -0.1) is 0 Å². The fourth-order valence-corrected chi connectivity index (χ4v) is 2.36. The van der Waals surface area contributed by atoms with Crippen molar-refractivity contribution >= 4 is 17.8 Å². The normalized spacial score (nSPS) is 11.0. The van der Waals surface area contributed by atoms with E-state index < -0.39 is 23.4 Å². The number of rotatable bonds is 10. The van der Waals surface area contributed by atoms with Crippen molar-refractivity contribution in [2.45, 2.75) is 52.1 Å². The first-order chi connectivity index (χ1) is 11.5. The Balaban J connectivity index is 2.84. The fraction of sp³-hybridized carbons (Fsp3) is 0.625. The molecule has 0 aliphatic rings. The average molecular weight is 339 g/mol. The summed E-state index contributed by atoms with van der Waals surface area (Å²) in [6, 6.07) is 1.82. The molecule has 0 fully saturated rings. The Morgan fingerprint density at radius 2 is 1.75 bits per heavy atom. The Hall–Kier alpha value is -2.38. The number of hydrogen-bond donors (Lipinski definition) is 1. The predicted molar refractivity (Wildman–Crippen MR) is 85.9 cm³/mol. The van der Waals surface area contributed by atoms with Gasteiger partial charge in [0.2, 0.25) is 11.4 Å². The quantitative estimate of drug-likeness (QED) is 0.389. The van der Waals surface area contributed by atoms with Crippen LogP contribution in [0, 0.1) is 0 Å². The van der Waals surface area contributed by atoms with Crippen LogP contribution in [0.3, 0.4) is 0 Å². The summed E-state index contributed by atoms with van der Waals surface area (Å²) in [7, 11) is 0. The molecule has 0 aromatic carbocycles. The van der Waals surface area contributed by atoms with E-state index in [1.807, 2.05) is 12.3 Å². The molecule has 0 atom stereocenters. The highest BCUT2D eigenvalue weighted by atomic mass is 16.6. The Labute approximate surface area is 141 Å². The van der Waals surface area contributed by atoms with E-state index in [2.05, 4.69) is 10.4 Å². The molecule has 0 spiro atoms. The van der Waals surface area contributed by atoms with Crippen LogP contribution in [-0.4, -0.2) is 46.4 Å². The molecule has 8 nitrogen and oxygen atoms in total. The van der Waals surface area contributed by atoms with Gasteiger partial charge >= 0.3 is 11.9 Å². The minimum Gasteiger partial charge on any atom is -0.464 e. The molecule has 134 valence electrons. The summed E-state index contributed by atoms with van der Waals surface area (Å²) in [5.74, 6) is -2.08. The summed E-state index contributed by atoms with van der Waals surface area (Å²) in [5, 5.41) is 6.54. The minimum absolute atomic E-state index is 0.103. The third-order valence-electron chi connectivity index (χ3n) is 3.39. The lowest BCUT2D eigenvalue weighted by atomic mass is 9.92. The zero-order chi connectivity index (χ0) is 18.0. The van der Waals surface area contributed by atoms with Crippen LogP contribution in [0.5, 0.6) is 0 Å². The third-order valence-corrected chi connectivity index (χ3v) is 3.39. The SMILES string of the molecule is CCOC(=O)C(CCCCn1cccn1)(NC(C)=O)C(=O)OCC. The molecular formula is C16H25N3O5. The molecule has 24 heavy (non-hydrogen) atoms. The highest BCUT2D eigenvalue weighted by Crippen LogP contribution is 2.20.